The van der Waals surface area contributed by atoms with Gasteiger partial charge in [-0.2, -0.15) is 0 Å². The maximum Gasteiger partial charge on any atom is 3.00 e. The summed E-state index contributed by atoms with van der Waals surface area (Å²) in [7, 11) is 0. The van der Waals surface area contributed by atoms with Crippen molar-refractivity contribution in [2.24, 2.45) is 0 Å². The van der Waals surface area contributed by atoms with E-state index in [0.29, 0.717) is 0 Å². The molecule has 44 valence electrons. The summed E-state index contributed by atoms with van der Waals surface area (Å²) in [6, 6.07) is 0. The van der Waals surface area contributed by atoms with Gasteiger partial charge in [0.1, 0.15) is 0 Å². The van der Waals surface area contributed by atoms with Crippen LogP contribution in [0, 0.1) is 23.7 Å². The van der Waals surface area contributed by atoms with E-state index in [9.17, 15) is 0 Å². The summed E-state index contributed by atoms with van der Waals surface area (Å²) in [5, 5.41) is 13.0. The second-order valence-electron chi connectivity index (χ2n) is 0. The van der Waals surface area contributed by atoms with Gasteiger partial charge in [0.25, 0.3) is 0 Å². The molecule has 5 nitrogen and oxygen atoms in total. The van der Waals surface area contributed by atoms with Crippen LogP contribution in [0.5, 0.6) is 0 Å². The third-order valence-corrected chi connectivity index (χ3v) is 0. The van der Waals surface area contributed by atoms with Crippen LogP contribution in [0.15, 0.2) is 0 Å². The summed E-state index contributed by atoms with van der Waals surface area (Å²) in [6.45, 7) is 7.00. The van der Waals surface area contributed by atoms with E-state index in [1.807, 2.05) is 0 Å². The Kier molecular flexibility index (Phi) is 1130000. The van der Waals surface area contributed by atoms with E-state index in [4.69, 9.17) is 10.5 Å². The molecule has 0 aromatic rings. The number of nitriles is 2. The van der Waals surface area contributed by atoms with Gasteiger partial charge in [0.2, 0.25) is 0 Å². The Labute approximate surface area is 75.1 Å². The fourth-order valence-electron chi connectivity index (χ4n) is 0. The van der Waals surface area contributed by atoms with Gasteiger partial charge in [0, 0.05) is 13.1 Å². The largest absolute Gasteiger partial charge is 3.00 e. The quantitative estimate of drug-likeness (QED) is 0.423. The van der Waals surface area contributed by atoms with Gasteiger partial charge >= 0.3 is 34.7 Å². The molecule has 9 heavy (non-hydrogen) atoms. The molecule has 0 aliphatic heterocycles. The van der Waals surface area contributed by atoms with Crippen molar-refractivity contribution in [1.29, 1.82) is 10.5 Å². The summed E-state index contributed by atoms with van der Waals surface area (Å²) in [5.41, 5.74) is 0. The molecule has 0 saturated heterocycles. The van der Waals surface area contributed by atoms with Crippen LogP contribution in [0.3, 0.4) is 0 Å². The van der Waals surface area contributed by atoms with E-state index < -0.39 is 0 Å². The molecule has 0 aromatic carbocycles. The van der Waals surface area contributed by atoms with Gasteiger partial charge in [-0.05, 0) is 0 Å². The maximum atomic E-state index is 6.50. The van der Waals surface area contributed by atoms with Gasteiger partial charge in [0.15, 0.2) is 0 Å². The zero-order valence-corrected chi connectivity index (χ0v) is 6.74. The number of rotatable bonds is 0. The van der Waals surface area contributed by atoms with Gasteiger partial charge in [-0.25, -0.2) is 10.5 Å². The van der Waals surface area contributed by atoms with Crippen molar-refractivity contribution in [3.05, 3.63) is 0 Å². The zero-order valence-electron chi connectivity index (χ0n) is 4.43. The summed E-state index contributed by atoms with van der Waals surface area (Å²) in [5.74, 6) is 0. The Morgan fingerprint density at radius 3 is 0.556 bits per heavy atom. The van der Waals surface area contributed by atoms with Gasteiger partial charge < -0.3 is 16.4 Å². The standard InChI is InChI=1S/2CHN.2Al.3O/c2*1-2;;;;;/h2*1H;;;;;/q;;2*+3;3*-2. The minimum absolute atomic E-state index is 0. The van der Waals surface area contributed by atoms with Crippen LogP contribution in [-0.2, 0) is 16.4 Å². The Bertz CT molecular complexity index is 33.3. The molecule has 0 aliphatic rings. The Hall–Kier alpha value is -0.0751. The predicted molar refractivity (Wildman–Crippen MR) is 26.9 cm³/mol. The van der Waals surface area contributed by atoms with Crippen LogP contribution in [-0.4, -0.2) is 34.7 Å². The Morgan fingerprint density at radius 2 is 0.556 bits per heavy atom. The Morgan fingerprint density at radius 1 is 0.556 bits per heavy atom. The van der Waals surface area contributed by atoms with Crippen molar-refractivity contribution in [3.63, 3.8) is 0 Å². The first kappa shape index (κ1) is 151. The predicted octanol–water partition coefficient (Wildman–Crippen LogP) is -0.838. The van der Waals surface area contributed by atoms with Gasteiger partial charge in [-0.3, -0.25) is 0 Å². The second-order valence-corrected chi connectivity index (χ2v) is 0. The van der Waals surface area contributed by atoms with E-state index in [0.717, 1.165) is 0 Å². The van der Waals surface area contributed by atoms with Gasteiger partial charge in [-0.15, -0.1) is 0 Å². The van der Waals surface area contributed by atoms with Crippen molar-refractivity contribution < 1.29 is 16.4 Å². The van der Waals surface area contributed by atoms with Gasteiger partial charge in [-0.1, -0.05) is 0 Å². The fourth-order valence-corrected chi connectivity index (χ4v) is 0. The van der Waals surface area contributed by atoms with Crippen molar-refractivity contribution in [3.8, 4) is 13.1 Å². The topological polar surface area (TPSA) is 133 Å². The molecule has 0 fully saturated rings. The SMILES string of the molecule is C#N.C#N.[Al+3].[Al+3].[O-2].[O-2].[O-2]. The van der Waals surface area contributed by atoms with E-state index in [1.165, 1.54) is 0 Å². The van der Waals surface area contributed by atoms with Crippen LogP contribution < -0.4 is 0 Å². The summed E-state index contributed by atoms with van der Waals surface area (Å²) < 4.78 is 0. The molecule has 0 unspecified atom stereocenters. The molecule has 0 aromatic heterocycles. The molecule has 0 bridgehead atoms. The van der Waals surface area contributed by atoms with E-state index in [1.54, 1.807) is 0 Å². The van der Waals surface area contributed by atoms with E-state index in [2.05, 4.69) is 13.1 Å². The summed E-state index contributed by atoms with van der Waals surface area (Å²) >= 11 is 0. The molecule has 0 spiro atoms. The van der Waals surface area contributed by atoms with Crippen LogP contribution in [0.1, 0.15) is 0 Å². The minimum atomic E-state index is 0. The second kappa shape index (κ2) is 67400. The average Bonchev–Trinajstić information content (AvgIpc) is 1.50. The molecule has 0 N–H and O–H groups in total. The first-order valence-corrected chi connectivity index (χ1v) is 0.516. The molecule has 0 rings (SSSR count). The van der Waals surface area contributed by atoms with Crippen molar-refractivity contribution in [2.45, 2.75) is 0 Å². The third-order valence-electron chi connectivity index (χ3n) is 0. The first-order chi connectivity index (χ1) is 2.00. The average molecular weight is 156 g/mol. The molecule has 0 radical (unpaired) electrons. The molecular formula is C2H2Al2N2O3. The van der Waals surface area contributed by atoms with Crippen molar-refractivity contribution in [1.82, 2.24) is 0 Å². The fraction of sp³-hybridized carbons (Fsp3) is 0. The van der Waals surface area contributed by atoms with Crippen molar-refractivity contribution >= 4 is 34.7 Å². The van der Waals surface area contributed by atoms with E-state index >= 15 is 0 Å². The Balaban J connectivity index is -0.00000000114. The molecule has 0 saturated carbocycles. The van der Waals surface area contributed by atoms with Crippen LogP contribution in [0.25, 0.3) is 0 Å². The summed E-state index contributed by atoms with van der Waals surface area (Å²) in [4.78, 5) is 0. The molecule has 0 heterocycles. The molecule has 0 amide bonds. The molecular weight excluding hydrogens is 154 g/mol. The normalized spacial score (nSPS) is 0.444. The maximum absolute atomic E-state index is 6.50. The number of nitrogens with zero attached hydrogens (tertiary/aromatic N) is 2. The van der Waals surface area contributed by atoms with E-state index in [-0.39, 0.29) is 51.2 Å². The van der Waals surface area contributed by atoms with Crippen LogP contribution in [0.2, 0.25) is 0 Å². The number of hydrogen-bond acceptors (Lipinski definition) is 2. The first-order valence-electron chi connectivity index (χ1n) is 0.516. The minimum Gasteiger partial charge on any atom is -2.00 e. The monoisotopic (exact) mass is 156 g/mol. The number of hydrogen-bond donors (Lipinski definition) is 0. The summed E-state index contributed by atoms with van der Waals surface area (Å²) in [6.07, 6.45) is 0. The third kappa shape index (κ3) is 49400. The molecule has 0 atom stereocenters. The smallest absolute Gasteiger partial charge is 2.00 e. The van der Waals surface area contributed by atoms with Gasteiger partial charge in [0.05, 0.1) is 0 Å². The van der Waals surface area contributed by atoms with Crippen LogP contribution in [0.4, 0.5) is 0 Å². The zero-order chi connectivity index (χ0) is 4.00. The molecule has 0 aliphatic carbocycles. The molecule has 7 heteroatoms. The van der Waals surface area contributed by atoms with Crippen molar-refractivity contribution in [2.75, 3.05) is 0 Å². The van der Waals surface area contributed by atoms with Crippen LogP contribution >= 0.6 is 0 Å².